The van der Waals surface area contributed by atoms with Crippen molar-refractivity contribution in [3.05, 3.63) is 65.8 Å². The van der Waals surface area contributed by atoms with E-state index in [9.17, 15) is 4.39 Å². The normalized spacial score (nSPS) is 11.2. The fourth-order valence-electron chi connectivity index (χ4n) is 2.37. The second-order valence-electron chi connectivity index (χ2n) is 4.67. The van der Waals surface area contributed by atoms with E-state index in [1.54, 1.807) is 47.2 Å². The third kappa shape index (κ3) is 1.98. The highest BCUT2D eigenvalue weighted by Gasteiger charge is 2.19. The van der Waals surface area contributed by atoms with E-state index in [-0.39, 0.29) is 11.0 Å². The zero-order valence-electron chi connectivity index (χ0n) is 11.2. The van der Waals surface area contributed by atoms with Gasteiger partial charge in [0.2, 0.25) is 0 Å². The SMILES string of the molecule is Fc1ccccc1-n1c(-c2ccc(Cl)o2)nc2cccnc21. The van der Waals surface area contributed by atoms with E-state index in [1.807, 2.05) is 6.07 Å². The van der Waals surface area contributed by atoms with Gasteiger partial charge in [0.05, 0.1) is 5.69 Å². The molecule has 0 saturated carbocycles. The third-order valence-electron chi connectivity index (χ3n) is 3.30. The Labute approximate surface area is 129 Å². The highest BCUT2D eigenvalue weighted by Crippen LogP contribution is 2.30. The molecule has 0 amide bonds. The highest BCUT2D eigenvalue weighted by molar-refractivity contribution is 6.28. The predicted molar refractivity (Wildman–Crippen MR) is 81.5 cm³/mol. The van der Waals surface area contributed by atoms with Crippen molar-refractivity contribution in [2.75, 3.05) is 0 Å². The van der Waals surface area contributed by atoms with Crippen molar-refractivity contribution in [2.45, 2.75) is 0 Å². The maximum Gasteiger partial charge on any atom is 0.194 e. The minimum Gasteiger partial charge on any atom is -0.441 e. The molecule has 0 unspecified atom stereocenters. The number of aromatic nitrogens is 3. The van der Waals surface area contributed by atoms with Crippen molar-refractivity contribution in [3.63, 3.8) is 0 Å². The van der Waals surface area contributed by atoms with Crippen molar-refractivity contribution in [1.29, 1.82) is 0 Å². The summed E-state index contributed by atoms with van der Waals surface area (Å²) in [6.45, 7) is 0. The molecule has 3 aromatic heterocycles. The van der Waals surface area contributed by atoms with Crippen LogP contribution < -0.4 is 0 Å². The lowest BCUT2D eigenvalue weighted by Crippen LogP contribution is -2.00. The third-order valence-corrected chi connectivity index (χ3v) is 3.51. The van der Waals surface area contributed by atoms with Crippen LogP contribution in [0.2, 0.25) is 5.22 Å². The fraction of sp³-hybridized carbons (Fsp3) is 0. The summed E-state index contributed by atoms with van der Waals surface area (Å²) < 4.78 is 21.3. The molecule has 0 spiro atoms. The van der Waals surface area contributed by atoms with E-state index in [4.69, 9.17) is 16.0 Å². The van der Waals surface area contributed by atoms with E-state index in [0.717, 1.165) is 0 Å². The first-order chi connectivity index (χ1) is 10.7. The number of benzene rings is 1. The summed E-state index contributed by atoms with van der Waals surface area (Å²) in [6, 6.07) is 13.4. The average Bonchev–Trinajstić information content (AvgIpc) is 3.11. The van der Waals surface area contributed by atoms with Crippen LogP contribution in [0.15, 0.2) is 59.1 Å². The Morgan fingerprint density at radius 3 is 2.68 bits per heavy atom. The number of rotatable bonds is 2. The number of fused-ring (bicyclic) bond motifs is 1. The van der Waals surface area contributed by atoms with Gasteiger partial charge in [0.15, 0.2) is 22.5 Å². The van der Waals surface area contributed by atoms with Crippen LogP contribution in [0.1, 0.15) is 0 Å². The van der Waals surface area contributed by atoms with Crippen LogP contribution in [0, 0.1) is 5.82 Å². The Hall–Kier alpha value is -2.66. The van der Waals surface area contributed by atoms with Crippen molar-refractivity contribution in [3.8, 4) is 17.3 Å². The molecule has 22 heavy (non-hydrogen) atoms. The van der Waals surface area contributed by atoms with Gasteiger partial charge >= 0.3 is 0 Å². The van der Waals surface area contributed by atoms with E-state index < -0.39 is 0 Å². The lowest BCUT2D eigenvalue weighted by Gasteiger charge is -2.08. The van der Waals surface area contributed by atoms with Crippen LogP contribution in [0.5, 0.6) is 0 Å². The molecule has 0 saturated heterocycles. The van der Waals surface area contributed by atoms with Crippen LogP contribution in [0.3, 0.4) is 0 Å². The van der Waals surface area contributed by atoms with Crippen LogP contribution in [0.25, 0.3) is 28.4 Å². The summed E-state index contributed by atoms with van der Waals surface area (Å²) >= 11 is 5.85. The lowest BCUT2D eigenvalue weighted by molar-refractivity contribution is 0.576. The van der Waals surface area contributed by atoms with E-state index in [0.29, 0.717) is 28.4 Å². The maximum absolute atomic E-state index is 14.2. The largest absolute Gasteiger partial charge is 0.441 e. The van der Waals surface area contributed by atoms with Crippen LogP contribution >= 0.6 is 11.6 Å². The van der Waals surface area contributed by atoms with Crippen LogP contribution in [0.4, 0.5) is 4.39 Å². The van der Waals surface area contributed by atoms with Crippen LogP contribution in [-0.2, 0) is 0 Å². The van der Waals surface area contributed by atoms with Gasteiger partial charge in [0.1, 0.15) is 11.3 Å². The highest BCUT2D eigenvalue weighted by atomic mass is 35.5. The topological polar surface area (TPSA) is 43.9 Å². The van der Waals surface area contributed by atoms with Gasteiger partial charge in [0.25, 0.3) is 0 Å². The Balaban J connectivity index is 2.09. The minimum absolute atomic E-state index is 0.245. The summed E-state index contributed by atoms with van der Waals surface area (Å²) in [5.41, 5.74) is 1.55. The van der Waals surface area contributed by atoms with Gasteiger partial charge < -0.3 is 4.42 Å². The van der Waals surface area contributed by atoms with Gasteiger partial charge in [-0.05, 0) is 48.0 Å². The summed E-state index contributed by atoms with van der Waals surface area (Å²) in [7, 11) is 0. The van der Waals surface area contributed by atoms with Crippen molar-refractivity contribution in [2.24, 2.45) is 0 Å². The molecule has 0 aliphatic rings. The number of imidazole rings is 1. The molecule has 1 aromatic carbocycles. The fourth-order valence-corrected chi connectivity index (χ4v) is 2.52. The van der Waals surface area contributed by atoms with Gasteiger partial charge in [-0.15, -0.1) is 0 Å². The smallest absolute Gasteiger partial charge is 0.194 e. The number of halogens is 2. The summed E-state index contributed by atoms with van der Waals surface area (Å²) in [5.74, 6) is 0.531. The second kappa shape index (κ2) is 4.96. The molecule has 0 aliphatic carbocycles. The molecular formula is C16H9ClFN3O. The van der Waals surface area contributed by atoms with Gasteiger partial charge in [0, 0.05) is 6.20 Å². The summed E-state index contributed by atoms with van der Waals surface area (Å²) in [4.78, 5) is 8.81. The van der Waals surface area contributed by atoms with Crippen molar-refractivity contribution >= 4 is 22.8 Å². The van der Waals surface area contributed by atoms with Gasteiger partial charge in [-0.25, -0.2) is 14.4 Å². The zero-order valence-corrected chi connectivity index (χ0v) is 12.0. The second-order valence-corrected chi connectivity index (χ2v) is 5.04. The molecule has 6 heteroatoms. The molecule has 4 nitrogen and oxygen atoms in total. The molecule has 4 rings (SSSR count). The zero-order chi connectivity index (χ0) is 15.1. The number of hydrogen-bond acceptors (Lipinski definition) is 3. The Morgan fingerprint density at radius 2 is 1.91 bits per heavy atom. The number of pyridine rings is 1. The molecule has 0 atom stereocenters. The molecule has 0 aliphatic heterocycles. The average molecular weight is 314 g/mol. The quantitative estimate of drug-likeness (QED) is 0.548. The molecular weight excluding hydrogens is 305 g/mol. The Morgan fingerprint density at radius 1 is 1.05 bits per heavy atom. The first-order valence-electron chi connectivity index (χ1n) is 6.58. The number of para-hydroxylation sites is 1. The number of nitrogens with zero attached hydrogens (tertiary/aromatic N) is 3. The van der Waals surface area contributed by atoms with E-state index in [2.05, 4.69) is 9.97 Å². The maximum atomic E-state index is 14.2. The summed E-state index contributed by atoms with van der Waals surface area (Å²) in [6.07, 6.45) is 1.64. The van der Waals surface area contributed by atoms with Crippen molar-refractivity contribution < 1.29 is 8.81 Å². The van der Waals surface area contributed by atoms with Gasteiger partial charge in [-0.2, -0.15) is 0 Å². The predicted octanol–water partition coefficient (Wildman–Crippen LogP) is 4.47. The molecule has 0 fully saturated rings. The van der Waals surface area contributed by atoms with E-state index in [1.165, 1.54) is 6.07 Å². The number of furan rings is 1. The molecule has 0 radical (unpaired) electrons. The molecule has 3 heterocycles. The monoisotopic (exact) mass is 313 g/mol. The molecule has 108 valence electrons. The van der Waals surface area contributed by atoms with E-state index >= 15 is 0 Å². The molecule has 0 bridgehead atoms. The first kappa shape index (κ1) is 13.0. The lowest BCUT2D eigenvalue weighted by atomic mass is 10.3. The standard InChI is InChI=1S/C16H9ClFN3O/c17-14-8-7-13(22-14)16-20-11-5-3-9-19-15(11)21(16)12-6-2-1-4-10(12)18/h1-9H. The Kier molecular flexibility index (Phi) is 2.94. The molecule has 4 aromatic rings. The van der Waals surface area contributed by atoms with Crippen LogP contribution in [-0.4, -0.2) is 14.5 Å². The Bertz CT molecular complexity index is 976. The van der Waals surface area contributed by atoms with Gasteiger partial charge in [-0.1, -0.05) is 12.1 Å². The minimum atomic E-state index is -0.369. The number of hydrogen-bond donors (Lipinski definition) is 0. The van der Waals surface area contributed by atoms with Crippen molar-refractivity contribution in [1.82, 2.24) is 14.5 Å². The summed E-state index contributed by atoms with van der Waals surface area (Å²) in [5, 5.41) is 0.245. The van der Waals surface area contributed by atoms with Gasteiger partial charge in [-0.3, -0.25) is 4.57 Å². The first-order valence-corrected chi connectivity index (χ1v) is 6.96. The molecule has 0 N–H and O–H groups in total.